The van der Waals surface area contributed by atoms with E-state index in [2.05, 4.69) is 15.3 Å². The highest BCUT2D eigenvalue weighted by Crippen LogP contribution is 2.22. The van der Waals surface area contributed by atoms with Crippen molar-refractivity contribution in [1.29, 1.82) is 0 Å². The summed E-state index contributed by atoms with van der Waals surface area (Å²) < 4.78 is 2.01. The van der Waals surface area contributed by atoms with Gasteiger partial charge in [0.1, 0.15) is 0 Å². The molecule has 1 saturated heterocycles. The van der Waals surface area contributed by atoms with E-state index in [0.717, 1.165) is 42.2 Å². The molecule has 1 aliphatic rings. The second-order valence-corrected chi connectivity index (χ2v) is 7.74. The molecule has 4 rings (SSSR count). The van der Waals surface area contributed by atoms with Crippen LogP contribution in [-0.2, 0) is 24.8 Å². The van der Waals surface area contributed by atoms with Gasteiger partial charge in [-0.3, -0.25) is 19.6 Å². The number of carbonyl (C=O) groups is 2. The van der Waals surface area contributed by atoms with Gasteiger partial charge in [0.05, 0.1) is 29.7 Å². The molecule has 2 amide bonds. The maximum absolute atomic E-state index is 12.1. The molecule has 3 N–H and O–H groups in total. The number of carbonyl (C=O) groups excluding carboxylic acids is 2. The lowest BCUT2D eigenvalue weighted by atomic mass is 10.1. The van der Waals surface area contributed by atoms with Crippen LogP contribution in [0.25, 0.3) is 0 Å². The molecule has 0 aliphatic carbocycles. The van der Waals surface area contributed by atoms with E-state index < -0.39 is 5.91 Å². The number of anilines is 2. The van der Waals surface area contributed by atoms with E-state index in [1.54, 1.807) is 11.1 Å². The second kappa shape index (κ2) is 8.99. The minimum Gasteiger partial charge on any atom is -0.379 e. The Balaban J connectivity index is 1.49. The second-order valence-electron chi connectivity index (χ2n) is 7.74. The van der Waals surface area contributed by atoms with Crippen LogP contribution in [0.2, 0.25) is 0 Å². The Kier molecular flexibility index (Phi) is 5.97. The summed E-state index contributed by atoms with van der Waals surface area (Å²) in [6.45, 7) is 1.30. The molecular formula is C23H26N6O2. The summed E-state index contributed by atoms with van der Waals surface area (Å²) in [5, 5.41) is 3.29. The van der Waals surface area contributed by atoms with Gasteiger partial charge in [0.15, 0.2) is 0 Å². The molecule has 3 aromatic rings. The number of amides is 2. The third-order valence-electron chi connectivity index (χ3n) is 5.54. The summed E-state index contributed by atoms with van der Waals surface area (Å²) in [6.07, 6.45) is 8.28. The Bertz CT molecular complexity index is 1090. The topological polar surface area (TPSA) is 106 Å². The van der Waals surface area contributed by atoms with Crippen molar-refractivity contribution < 1.29 is 9.59 Å². The van der Waals surface area contributed by atoms with Crippen LogP contribution in [0.15, 0.2) is 48.9 Å². The molecule has 160 valence electrons. The predicted octanol–water partition coefficient (Wildman–Crippen LogP) is 2.63. The van der Waals surface area contributed by atoms with Crippen LogP contribution in [0.5, 0.6) is 0 Å². The number of piperidine rings is 1. The van der Waals surface area contributed by atoms with Gasteiger partial charge in [-0.05, 0) is 43.2 Å². The molecule has 0 atom stereocenters. The molecule has 0 unspecified atom stereocenters. The minimum atomic E-state index is -0.526. The first kappa shape index (κ1) is 20.6. The van der Waals surface area contributed by atoms with E-state index in [0.29, 0.717) is 30.6 Å². The molecule has 0 bridgehead atoms. The van der Waals surface area contributed by atoms with Gasteiger partial charge in [-0.1, -0.05) is 0 Å². The van der Waals surface area contributed by atoms with E-state index in [1.165, 1.54) is 6.20 Å². The lowest BCUT2D eigenvalue weighted by Gasteiger charge is -2.26. The number of nitrogens with two attached hydrogens (primary N) is 1. The Hall–Kier alpha value is -3.68. The molecule has 0 radical (unpaired) electrons. The monoisotopic (exact) mass is 418 g/mol. The molecule has 0 spiro atoms. The van der Waals surface area contributed by atoms with Crippen molar-refractivity contribution in [3.05, 3.63) is 71.6 Å². The number of aryl methyl sites for hydroxylation is 1. The molecule has 3 aromatic heterocycles. The van der Waals surface area contributed by atoms with Gasteiger partial charge in [0.2, 0.25) is 5.91 Å². The zero-order valence-corrected chi connectivity index (χ0v) is 17.5. The third-order valence-corrected chi connectivity index (χ3v) is 5.54. The van der Waals surface area contributed by atoms with Gasteiger partial charge in [0.25, 0.3) is 5.91 Å². The quantitative estimate of drug-likeness (QED) is 0.614. The van der Waals surface area contributed by atoms with Crippen molar-refractivity contribution in [3.63, 3.8) is 0 Å². The highest BCUT2D eigenvalue weighted by Gasteiger charge is 2.19. The van der Waals surface area contributed by atoms with Gasteiger partial charge in [-0.2, -0.15) is 0 Å². The van der Waals surface area contributed by atoms with Crippen LogP contribution >= 0.6 is 0 Å². The first-order valence-corrected chi connectivity index (χ1v) is 10.4. The number of nitrogens with one attached hydrogen (secondary N) is 1. The standard InChI is InChI=1S/C23H26N6O2/c1-28-9-4-5-18(28)13-27-21-12-17(26-15-20(21)23(24)31)11-16-7-8-19(14-25-16)29-10-3-2-6-22(29)30/h4-5,7-9,12,14-15H,2-3,6,10-11,13H2,1H3,(H2,24,31)(H,26,27). The molecule has 0 saturated carbocycles. The fourth-order valence-electron chi connectivity index (χ4n) is 3.75. The molecule has 8 nitrogen and oxygen atoms in total. The summed E-state index contributed by atoms with van der Waals surface area (Å²) in [7, 11) is 1.97. The van der Waals surface area contributed by atoms with E-state index >= 15 is 0 Å². The Labute approximate surface area is 181 Å². The average molecular weight is 419 g/mol. The van der Waals surface area contributed by atoms with Crippen molar-refractivity contribution in [1.82, 2.24) is 14.5 Å². The molecule has 0 aromatic carbocycles. The lowest BCUT2D eigenvalue weighted by Crippen LogP contribution is -2.35. The van der Waals surface area contributed by atoms with Crippen molar-refractivity contribution in [2.24, 2.45) is 12.8 Å². The molecule has 1 fully saturated rings. The Morgan fingerprint density at radius 2 is 2.00 bits per heavy atom. The van der Waals surface area contributed by atoms with E-state index in [9.17, 15) is 9.59 Å². The fraction of sp³-hybridized carbons (Fsp3) is 0.304. The zero-order chi connectivity index (χ0) is 21.8. The van der Waals surface area contributed by atoms with Gasteiger partial charge in [0, 0.05) is 55.9 Å². The SMILES string of the molecule is Cn1cccc1CNc1cc(Cc2ccc(N3CCCCC3=O)cn2)ncc1C(N)=O. The number of pyridine rings is 2. The first-order valence-electron chi connectivity index (χ1n) is 10.4. The molecular weight excluding hydrogens is 392 g/mol. The highest BCUT2D eigenvalue weighted by molar-refractivity contribution is 5.98. The highest BCUT2D eigenvalue weighted by atomic mass is 16.2. The maximum atomic E-state index is 12.1. The van der Waals surface area contributed by atoms with Crippen molar-refractivity contribution in [3.8, 4) is 0 Å². The number of aromatic nitrogens is 3. The van der Waals surface area contributed by atoms with E-state index in [4.69, 9.17) is 5.73 Å². The van der Waals surface area contributed by atoms with Gasteiger partial charge >= 0.3 is 0 Å². The largest absolute Gasteiger partial charge is 0.379 e. The van der Waals surface area contributed by atoms with Crippen LogP contribution in [-0.4, -0.2) is 32.9 Å². The van der Waals surface area contributed by atoms with Gasteiger partial charge in [-0.15, -0.1) is 0 Å². The normalized spacial score (nSPS) is 14.0. The Morgan fingerprint density at radius 1 is 1.16 bits per heavy atom. The number of nitrogens with zero attached hydrogens (tertiary/aromatic N) is 4. The molecule has 8 heteroatoms. The zero-order valence-electron chi connectivity index (χ0n) is 17.5. The summed E-state index contributed by atoms with van der Waals surface area (Å²) >= 11 is 0. The maximum Gasteiger partial charge on any atom is 0.252 e. The van der Waals surface area contributed by atoms with Crippen LogP contribution in [0, 0.1) is 0 Å². The van der Waals surface area contributed by atoms with Crippen molar-refractivity contribution in [2.75, 3.05) is 16.8 Å². The van der Waals surface area contributed by atoms with E-state index in [1.807, 2.05) is 48.1 Å². The summed E-state index contributed by atoms with van der Waals surface area (Å²) in [5.41, 5.74) is 10.0. The summed E-state index contributed by atoms with van der Waals surface area (Å²) in [5.74, 6) is -0.374. The third kappa shape index (κ3) is 4.74. The van der Waals surface area contributed by atoms with Crippen LogP contribution in [0.1, 0.15) is 46.7 Å². The number of hydrogen-bond acceptors (Lipinski definition) is 5. The number of primary amides is 1. The lowest BCUT2D eigenvalue weighted by molar-refractivity contribution is -0.119. The predicted molar refractivity (Wildman–Crippen MR) is 119 cm³/mol. The van der Waals surface area contributed by atoms with Crippen molar-refractivity contribution >= 4 is 23.2 Å². The molecule has 1 aliphatic heterocycles. The van der Waals surface area contributed by atoms with Crippen LogP contribution in [0.4, 0.5) is 11.4 Å². The minimum absolute atomic E-state index is 0.151. The summed E-state index contributed by atoms with van der Waals surface area (Å²) in [6, 6.07) is 9.66. The fourth-order valence-corrected chi connectivity index (χ4v) is 3.75. The summed E-state index contributed by atoms with van der Waals surface area (Å²) in [4.78, 5) is 34.6. The number of hydrogen-bond donors (Lipinski definition) is 2. The smallest absolute Gasteiger partial charge is 0.252 e. The Morgan fingerprint density at radius 3 is 2.68 bits per heavy atom. The van der Waals surface area contributed by atoms with Gasteiger partial charge in [-0.25, -0.2) is 0 Å². The van der Waals surface area contributed by atoms with Gasteiger partial charge < -0.3 is 20.5 Å². The van der Waals surface area contributed by atoms with Crippen molar-refractivity contribution in [2.45, 2.75) is 32.2 Å². The average Bonchev–Trinajstić information content (AvgIpc) is 3.18. The van der Waals surface area contributed by atoms with Crippen LogP contribution < -0.4 is 16.0 Å². The molecule has 4 heterocycles. The molecule has 31 heavy (non-hydrogen) atoms. The van der Waals surface area contributed by atoms with E-state index in [-0.39, 0.29) is 5.91 Å². The first-order chi connectivity index (χ1) is 15.0. The number of rotatable bonds is 7. The van der Waals surface area contributed by atoms with Crippen LogP contribution in [0.3, 0.4) is 0 Å².